The van der Waals surface area contributed by atoms with E-state index in [1.165, 1.54) is 6.20 Å². The third kappa shape index (κ3) is 3.64. The summed E-state index contributed by atoms with van der Waals surface area (Å²) in [5.74, 6) is 0.591. The van der Waals surface area contributed by atoms with Crippen LogP contribution in [-0.4, -0.2) is 21.9 Å². The first-order valence-corrected chi connectivity index (χ1v) is 6.56. The lowest BCUT2D eigenvalue weighted by atomic mass is 10.2. The number of aromatic nitrogens is 1. The van der Waals surface area contributed by atoms with Crippen LogP contribution in [0.1, 0.15) is 28.7 Å². The van der Waals surface area contributed by atoms with E-state index in [-0.39, 0.29) is 16.9 Å². The number of rotatable bonds is 5. The Morgan fingerprint density at radius 1 is 1.50 bits per heavy atom. The fourth-order valence-corrected chi connectivity index (χ4v) is 1.87. The number of carbonyl (C=O) groups is 1. The van der Waals surface area contributed by atoms with E-state index < -0.39 is 0 Å². The predicted octanol–water partition coefficient (Wildman–Crippen LogP) is 1.67. The first-order valence-electron chi connectivity index (χ1n) is 6.15. The molecule has 1 atom stereocenters. The van der Waals surface area contributed by atoms with Gasteiger partial charge in [0.2, 0.25) is 0 Å². The molecule has 104 valence electrons. The number of hydrogen-bond acceptors (Lipinski definition) is 4. The molecule has 0 spiro atoms. The SMILES string of the molecule is CC(Cc1ccco1)NC(=O)c1ccc(C(N)=S)cn1. The quantitative estimate of drug-likeness (QED) is 0.818. The Morgan fingerprint density at radius 2 is 2.30 bits per heavy atom. The van der Waals surface area contributed by atoms with Gasteiger partial charge in [-0.2, -0.15) is 0 Å². The first-order chi connectivity index (χ1) is 9.56. The number of thiocarbonyl (C=S) groups is 1. The van der Waals surface area contributed by atoms with Crippen LogP contribution in [0.25, 0.3) is 0 Å². The topological polar surface area (TPSA) is 81.2 Å². The minimum absolute atomic E-state index is 0.0503. The molecule has 20 heavy (non-hydrogen) atoms. The molecular formula is C14H15N3O2S. The van der Waals surface area contributed by atoms with Crippen molar-refractivity contribution in [2.75, 3.05) is 0 Å². The summed E-state index contributed by atoms with van der Waals surface area (Å²) in [6.45, 7) is 1.91. The van der Waals surface area contributed by atoms with Crippen LogP contribution in [0.15, 0.2) is 41.1 Å². The second-order valence-corrected chi connectivity index (χ2v) is 4.89. The zero-order chi connectivity index (χ0) is 14.5. The van der Waals surface area contributed by atoms with Gasteiger partial charge in [-0.25, -0.2) is 0 Å². The molecule has 2 heterocycles. The van der Waals surface area contributed by atoms with Gasteiger partial charge in [0.15, 0.2) is 0 Å². The standard InChI is InChI=1S/C14H15N3O2S/c1-9(7-11-3-2-6-19-11)17-14(18)12-5-4-10(8-16-12)13(15)20/h2-6,8-9H,7H2,1H3,(H2,15,20)(H,17,18). The molecule has 0 bridgehead atoms. The van der Waals surface area contributed by atoms with Crippen molar-refractivity contribution in [1.82, 2.24) is 10.3 Å². The highest BCUT2D eigenvalue weighted by Gasteiger charge is 2.12. The highest BCUT2D eigenvalue weighted by molar-refractivity contribution is 7.80. The molecule has 6 heteroatoms. The summed E-state index contributed by atoms with van der Waals surface area (Å²) in [4.78, 5) is 16.3. The molecule has 0 aliphatic rings. The van der Waals surface area contributed by atoms with Gasteiger partial charge in [-0.3, -0.25) is 9.78 Å². The van der Waals surface area contributed by atoms with Crippen molar-refractivity contribution in [3.63, 3.8) is 0 Å². The minimum Gasteiger partial charge on any atom is -0.469 e. The highest BCUT2D eigenvalue weighted by atomic mass is 32.1. The second-order valence-electron chi connectivity index (χ2n) is 4.45. The summed E-state index contributed by atoms with van der Waals surface area (Å²) >= 11 is 4.83. The smallest absolute Gasteiger partial charge is 0.270 e. The molecule has 0 aliphatic heterocycles. The summed E-state index contributed by atoms with van der Waals surface area (Å²) in [6.07, 6.45) is 3.73. The van der Waals surface area contributed by atoms with E-state index in [0.29, 0.717) is 17.7 Å². The lowest BCUT2D eigenvalue weighted by molar-refractivity contribution is 0.0934. The summed E-state index contributed by atoms with van der Waals surface area (Å²) in [6, 6.07) is 6.92. The van der Waals surface area contributed by atoms with Crippen molar-refractivity contribution >= 4 is 23.1 Å². The van der Waals surface area contributed by atoms with Gasteiger partial charge in [0.25, 0.3) is 5.91 Å². The van der Waals surface area contributed by atoms with Gasteiger partial charge < -0.3 is 15.5 Å². The Bertz CT molecular complexity index is 593. The second kappa shape index (κ2) is 6.29. The highest BCUT2D eigenvalue weighted by Crippen LogP contribution is 2.05. The molecule has 3 N–H and O–H groups in total. The maximum Gasteiger partial charge on any atom is 0.270 e. The monoisotopic (exact) mass is 289 g/mol. The van der Waals surface area contributed by atoms with Gasteiger partial charge in [-0.1, -0.05) is 12.2 Å². The molecule has 0 saturated carbocycles. The molecule has 0 fully saturated rings. The van der Waals surface area contributed by atoms with E-state index in [4.69, 9.17) is 22.4 Å². The van der Waals surface area contributed by atoms with Gasteiger partial charge in [0.05, 0.1) is 6.26 Å². The number of nitrogens with one attached hydrogen (secondary N) is 1. The molecule has 0 radical (unpaired) electrons. The van der Waals surface area contributed by atoms with Crippen LogP contribution < -0.4 is 11.1 Å². The van der Waals surface area contributed by atoms with Crippen LogP contribution in [0, 0.1) is 0 Å². The molecule has 0 saturated heterocycles. The van der Waals surface area contributed by atoms with Crippen molar-refractivity contribution < 1.29 is 9.21 Å². The Balaban J connectivity index is 1.95. The zero-order valence-corrected chi connectivity index (χ0v) is 11.8. The van der Waals surface area contributed by atoms with E-state index in [1.807, 2.05) is 19.1 Å². The number of pyridine rings is 1. The number of nitrogens with two attached hydrogens (primary N) is 1. The molecule has 2 aromatic heterocycles. The van der Waals surface area contributed by atoms with E-state index in [2.05, 4.69) is 10.3 Å². The minimum atomic E-state index is -0.237. The summed E-state index contributed by atoms with van der Waals surface area (Å²) in [7, 11) is 0. The van der Waals surface area contributed by atoms with Crippen molar-refractivity contribution in [2.24, 2.45) is 5.73 Å². The third-order valence-corrected chi connectivity index (χ3v) is 2.98. The maximum atomic E-state index is 12.0. The van der Waals surface area contributed by atoms with Crippen LogP contribution in [0.5, 0.6) is 0 Å². The van der Waals surface area contributed by atoms with Gasteiger partial charge in [0.1, 0.15) is 16.4 Å². The number of amides is 1. The summed E-state index contributed by atoms with van der Waals surface area (Å²) < 4.78 is 5.24. The Hall–Kier alpha value is -2.21. The van der Waals surface area contributed by atoms with Crippen molar-refractivity contribution in [1.29, 1.82) is 0 Å². The molecule has 1 amide bonds. The van der Waals surface area contributed by atoms with E-state index in [1.54, 1.807) is 18.4 Å². The van der Waals surface area contributed by atoms with E-state index in [0.717, 1.165) is 5.76 Å². The number of nitrogens with zero attached hydrogens (tertiary/aromatic N) is 1. The van der Waals surface area contributed by atoms with Crippen molar-refractivity contribution in [2.45, 2.75) is 19.4 Å². The van der Waals surface area contributed by atoms with Gasteiger partial charge in [0, 0.05) is 24.2 Å². The largest absolute Gasteiger partial charge is 0.469 e. The zero-order valence-electron chi connectivity index (χ0n) is 11.0. The average Bonchev–Trinajstić information content (AvgIpc) is 2.91. The number of hydrogen-bond donors (Lipinski definition) is 2. The van der Waals surface area contributed by atoms with Crippen molar-refractivity contribution in [3.05, 3.63) is 53.7 Å². The van der Waals surface area contributed by atoms with E-state index >= 15 is 0 Å². The molecule has 1 unspecified atom stereocenters. The summed E-state index contributed by atoms with van der Waals surface area (Å²) in [5.41, 5.74) is 6.45. The fraction of sp³-hybridized carbons (Fsp3) is 0.214. The molecule has 2 rings (SSSR count). The Labute approximate surface area is 122 Å². The van der Waals surface area contributed by atoms with Gasteiger partial charge in [-0.05, 0) is 31.2 Å². The first kappa shape index (κ1) is 14.2. The normalized spacial score (nSPS) is 11.8. The third-order valence-electron chi connectivity index (χ3n) is 2.75. The number of carbonyl (C=O) groups excluding carboxylic acids is 1. The Morgan fingerprint density at radius 3 is 2.85 bits per heavy atom. The predicted molar refractivity (Wildman–Crippen MR) is 79.5 cm³/mol. The van der Waals surface area contributed by atoms with Crippen LogP contribution in [0.3, 0.4) is 0 Å². The molecule has 0 aromatic carbocycles. The van der Waals surface area contributed by atoms with Crippen LogP contribution >= 0.6 is 12.2 Å². The van der Waals surface area contributed by atoms with Crippen LogP contribution in [0.2, 0.25) is 0 Å². The average molecular weight is 289 g/mol. The van der Waals surface area contributed by atoms with E-state index in [9.17, 15) is 4.79 Å². The van der Waals surface area contributed by atoms with Crippen molar-refractivity contribution in [3.8, 4) is 0 Å². The fourth-order valence-electron chi connectivity index (χ4n) is 1.75. The Kier molecular flexibility index (Phi) is 4.47. The van der Waals surface area contributed by atoms with Gasteiger partial charge >= 0.3 is 0 Å². The molecular weight excluding hydrogens is 274 g/mol. The summed E-state index contributed by atoms with van der Waals surface area (Å²) in [5, 5.41) is 2.86. The lowest BCUT2D eigenvalue weighted by Gasteiger charge is -2.12. The van der Waals surface area contributed by atoms with Crippen LogP contribution in [0.4, 0.5) is 0 Å². The van der Waals surface area contributed by atoms with Crippen LogP contribution in [-0.2, 0) is 6.42 Å². The lowest BCUT2D eigenvalue weighted by Crippen LogP contribution is -2.34. The van der Waals surface area contributed by atoms with Gasteiger partial charge in [-0.15, -0.1) is 0 Å². The molecule has 0 aliphatic carbocycles. The molecule has 2 aromatic rings. The molecule has 5 nitrogen and oxygen atoms in total. The maximum absolute atomic E-state index is 12.0. The number of furan rings is 1.